The molecule has 0 aromatic heterocycles. The predicted molar refractivity (Wildman–Crippen MR) is 316 cm³/mol. The van der Waals surface area contributed by atoms with Crippen molar-refractivity contribution in [3.8, 4) is 34.5 Å². The number of para-hydroxylation sites is 2. The first kappa shape index (κ1) is 57.3. The molecule has 10 rings (SSSR count). The Bertz CT molecular complexity index is 3330. The van der Waals surface area contributed by atoms with E-state index in [1.54, 1.807) is 122 Å². The first-order valence-electron chi connectivity index (χ1n) is 22.8. The zero-order chi connectivity index (χ0) is 54.0. The lowest BCUT2D eigenvalue weighted by Gasteiger charge is -2.11. The molecule has 5 N–H and O–H groups in total. The molecular weight excluding hydrogens is 1240 g/mol. The Kier molecular flexibility index (Phi) is 21.6. The normalized spacial score (nSPS) is 11.4. The summed E-state index contributed by atoms with van der Waals surface area (Å²) in [6.45, 7) is 0.732. The van der Waals surface area contributed by atoms with Crippen molar-refractivity contribution in [3.63, 3.8) is 0 Å². The number of alkyl halides is 2. The van der Waals surface area contributed by atoms with Crippen molar-refractivity contribution < 1.29 is 38.5 Å². The van der Waals surface area contributed by atoms with Crippen LogP contribution in [-0.2, 0) is 13.1 Å². The number of aromatic hydroxyl groups is 1. The lowest BCUT2D eigenvalue weighted by molar-refractivity contribution is 0.0943. The number of amides is 4. The van der Waals surface area contributed by atoms with E-state index in [4.69, 9.17) is 37.4 Å². The lowest BCUT2D eigenvalue weighted by atomic mass is 10.1. The minimum absolute atomic E-state index is 0.194. The highest BCUT2D eigenvalue weighted by molar-refractivity contribution is 9.69. The Morgan fingerprint density at radius 2 is 0.961 bits per heavy atom. The molecule has 2 aliphatic rings. The minimum Gasteiger partial charge on any atom is -0.508 e. The Balaban J connectivity index is 0.000000197. The number of ether oxygens (including phenoxy) is 3. The van der Waals surface area contributed by atoms with Crippen LogP contribution in [0.15, 0.2) is 202 Å². The van der Waals surface area contributed by atoms with E-state index in [0.717, 1.165) is 36.5 Å². The van der Waals surface area contributed by atoms with Crippen LogP contribution in [0.5, 0.6) is 34.5 Å². The molecule has 0 radical (unpaired) electrons. The van der Waals surface area contributed by atoms with Gasteiger partial charge in [-0.2, -0.15) is 0 Å². The van der Waals surface area contributed by atoms with Crippen LogP contribution in [-0.4, -0.2) is 44.4 Å². The molecule has 4 amide bonds. The molecule has 0 aliphatic carbocycles. The average molecular weight is 1290 g/mol. The molecule has 2 aliphatic heterocycles. The maximum Gasteiger partial charge on any atom is 0.369 e. The van der Waals surface area contributed by atoms with E-state index in [2.05, 4.69) is 74.6 Å². The molecule has 0 saturated carbocycles. The number of halogens is 5. The molecule has 8 aromatic carbocycles. The summed E-state index contributed by atoms with van der Waals surface area (Å²) in [4.78, 5) is 55.0. The standard InChI is InChI=1S/C28H22N2O4S.C27H20N2O4S.CH2Cl2.BBr3/c1-33-20-10-12-21(13-11-20)35-22-6-4-5-18(15-22)17-29-27(31)19-9-14-26-24(16-19)30-28(32)23-7-2-3-8-25(23)34-26;30-19-9-11-20(12-10-19)34-21-5-3-4-17(14-21)16-28-26(31)18-8-13-25-23(15-18)29-27(32)22-6-1-2-7-24(22)33-25;2-1-3;2-1(3)4/h2-16H,17H2,1H3,(H,29,31)(H,30,32);1-15,30H,16H2,(H,28,31)(H,29,32);1H2;. The number of nitrogens with one attached hydrogen (secondary N) is 4. The molecule has 12 nitrogen and oxygen atoms in total. The monoisotopic (exact) mass is 1280 g/mol. The van der Waals surface area contributed by atoms with Crippen LogP contribution in [0.1, 0.15) is 52.6 Å². The number of anilines is 2. The summed E-state index contributed by atoms with van der Waals surface area (Å²) in [5.74, 6) is 1.92. The summed E-state index contributed by atoms with van der Waals surface area (Å²) in [5.41, 5.74) is 4.58. The van der Waals surface area contributed by atoms with Gasteiger partial charge in [-0.1, -0.05) is 72.1 Å². The number of methoxy groups -OCH3 is 1. The molecule has 0 unspecified atom stereocenters. The van der Waals surface area contributed by atoms with Crippen LogP contribution in [0.25, 0.3) is 0 Å². The van der Waals surface area contributed by atoms with Crippen molar-refractivity contribution >= 4 is 132 Å². The molecule has 2 heterocycles. The molecule has 8 aromatic rings. The van der Waals surface area contributed by atoms with Gasteiger partial charge in [0.25, 0.3) is 23.6 Å². The third-order valence-corrected chi connectivity index (χ3v) is 12.7. The van der Waals surface area contributed by atoms with Crippen molar-refractivity contribution in [2.45, 2.75) is 32.7 Å². The average Bonchev–Trinajstić information content (AvgIpc) is 3.66. The van der Waals surface area contributed by atoms with Crippen molar-refractivity contribution in [2.24, 2.45) is 0 Å². The van der Waals surface area contributed by atoms with E-state index in [0.29, 0.717) is 69.7 Å². The number of hydrogen-bond donors (Lipinski definition) is 5. The fraction of sp³-hybridized carbons (Fsp3) is 0.0714. The Hall–Kier alpha value is -6.38. The van der Waals surface area contributed by atoms with Gasteiger partial charge in [0, 0.05) is 43.8 Å². The van der Waals surface area contributed by atoms with Gasteiger partial charge in [0.1, 0.15) is 23.0 Å². The highest BCUT2D eigenvalue weighted by atomic mass is 79.9. The molecule has 0 spiro atoms. The Morgan fingerprint density at radius 3 is 1.38 bits per heavy atom. The fourth-order valence-corrected chi connectivity index (χ4v) is 9.06. The smallest absolute Gasteiger partial charge is 0.369 e. The van der Waals surface area contributed by atoms with Gasteiger partial charge >= 0.3 is 3.18 Å². The SMILES string of the molecule is BrB(Br)Br.COc1ccc(Sc2cccc(CNC(=O)c3ccc4c(c3)NC(=O)c3ccccc3O4)c2)cc1.ClCCl.O=C(NCc1cccc(Sc2ccc(O)cc2)c1)c1ccc2c(c1)NC(=O)c1ccccc1O2. The topological polar surface area (TPSA) is 164 Å². The summed E-state index contributed by atoms with van der Waals surface area (Å²) >= 11 is 22.1. The number of phenols is 1. The molecular formula is C56H44BBr3Cl2N4O8S2. The van der Waals surface area contributed by atoms with Gasteiger partial charge in [0.2, 0.25) is 0 Å². The lowest BCUT2D eigenvalue weighted by Crippen LogP contribution is -2.23. The second-order valence-electron chi connectivity index (χ2n) is 15.9. The van der Waals surface area contributed by atoms with Crippen LogP contribution >= 0.6 is 94.0 Å². The number of carbonyl (C=O) groups excluding carboxylic acids is 4. The van der Waals surface area contributed by atoms with Crippen LogP contribution in [0.2, 0.25) is 0 Å². The summed E-state index contributed by atoms with van der Waals surface area (Å²) < 4.78 is 17.2. The summed E-state index contributed by atoms with van der Waals surface area (Å²) in [5, 5.41) is 21.2. The fourth-order valence-electron chi connectivity index (χ4n) is 7.26. The quantitative estimate of drug-likeness (QED) is 0.0622. The first-order valence-corrected chi connectivity index (χ1v) is 28.3. The molecule has 0 bridgehead atoms. The van der Waals surface area contributed by atoms with Gasteiger partial charge in [0.05, 0.1) is 35.0 Å². The Labute approximate surface area is 483 Å². The van der Waals surface area contributed by atoms with E-state index >= 15 is 0 Å². The number of fused-ring (bicyclic) bond motifs is 4. The summed E-state index contributed by atoms with van der Waals surface area (Å²) in [6.07, 6.45) is 0. The van der Waals surface area contributed by atoms with E-state index in [9.17, 15) is 24.3 Å². The maximum absolute atomic E-state index is 12.8. The van der Waals surface area contributed by atoms with Crippen molar-refractivity contribution in [2.75, 3.05) is 23.1 Å². The first-order chi connectivity index (χ1) is 36.8. The van der Waals surface area contributed by atoms with E-state index in [1.165, 1.54) is 0 Å². The maximum atomic E-state index is 12.8. The van der Waals surface area contributed by atoms with Crippen molar-refractivity contribution in [1.82, 2.24) is 10.6 Å². The van der Waals surface area contributed by atoms with Gasteiger partial charge in [0.15, 0.2) is 11.5 Å². The van der Waals surface area contributed by atoms with Gasteiger partial charge in [-0.15, -0.1) is 70.5 Å². The molecule has 0 saturated heterocycles. The highest BCUT2D eigenvalue weighted by Gasteiger charge is 2.23. The van der Waals surface area contributed by atoms with Gasteiger partial charge in [-0.05, 0) is 145 Å². The number of carbonyl (C=O) groups is 4. The highest BCUT2D eigenvalue weighted by Crippen LogP contribution is 2.38. The summed E-state index contributed by atoms with van der Waals surface area (Å²) in [6, 6.07) is 54.8. The second kappa shape index (κ2) is 28.7. The largest absolute Gasteiger partial charge is 0.508 e. The number of benzene rings is 8. The molecule has 0 atom stereocenters. The number of rotatable bonds is 11. The molecule has 0 fully saturated rings. The van der Waals surface area contributed by atoms with E-state index in [1.807, 2.05) is 84.9 Å². The van der Waals surface area contributed by atoms with Gasteiger partial charge < -0.3 is 40.6 Å². The minimum atomic E-state index is -0.283. The third-order valence-electron chi connectivity index (χ3n) is 10.8. The van der Waals surface area contributed by atoms with Crippen LogP contribution in [0, 0.1) is 0 Å². The molecule has 386 valence electrons. The summed E-state index contributed by atoms with van der Waals surface area (Å²) in [7, 11) is 1.65. The third kappa shape index (κ3) is 16.8. The van der Waals surface area contributed by atoms with E-state index < -0.39 is 0 Å². The number of hydrogen-bond acceptors (Lipinski definition) is 10. The van der Waals surface area contributed by atoms with Gasteiger partial charge in [-0.3, -0.25) is 19.2 Å². The zero-order valence-corrected chi connectivity index (χ0v) is 47.9. The van der Waals surface area contributed by atoms with Gasteiger partial charge in [-0.25, -0.2) is 0 Å². The van der Waals surface area contributed by atoms with Crippen LogP contribution in [0.4, 0.5) is 11.4 Å². The number of phenolic OH excluding ortho intramolecular Hbond substituents is 1. The molecule has 76 heavy (non-hydrogen) atoms. The van der Waals surface area contributed by atoms with Crippen molar-refractivity contribution in [3.05, 3.63) is 215 Å². The Morgan fingerprint density at radius 1 is 0.553 bits per heavy atom. The molecule has 20 heteroatoms. The van der Waals surface area contributed by atoms with Crippen LogP contribution in [0.3, 0.4) is 0 Å². The van der Waals surface area contributed by atoms with Crippen molar-refractivity contribution in [1.29, 1.82) is 0 Å². The van der Waals surface area contributed by atoms with E-state index in [-0.39, 0.29) is 37.9 Å². The second-order valence-corrected chi connectivity index (χ2v) is 25.4. The zero-order valence-electron chi connectivity index (χ0n) is 40.0. The van der Waals surface area contributed by atoms with Crippen LogP contribution < -0.4 is 35.5 Å². The predicted octanol–water partition coefficient (Wildman–Crippen LogP) is 15.5.